The second kappa shape index (κ2) is 9.76. The molecule has 0 aromatic heterocycles. The average molecular weight is 498 g/mol. The predicted octanol–water partition coefficient (Wildman–Crippen LogP) is 4.17. The summed E-state index contributed by atoms with van der Waals surface area (Å²) in [5.41, 5.74) is -0.606. The van der Waals surface area contributed by atoms with Crippen LogP contribution in [0, 0.1) is 5.92 Å². The molecule has 7 nitrogen and oxygen atoms in total. The maximum atomic E-state index is 13.9. The molecule has 8 heteroatoms. The van der Waals surface area contributed by atoms with Gasteiger partial charge in [-0.05, 0) is 55.7 Å². The maximum Gasteiger partial charge on any atom is 0.337 e. The monoisotopic (exact) mass is 497 g/mol. The van der Waals surface area contributed by atoms with Crippen LogP contribution in [0.25, 0.3) is 0 Å². The molecule has 2 aliphatic rings. The van der Waals surface area contributed by atoms with Crippen LogP contribution in [0.3, 0.4) is 0 Å². The van der Waals surface area contributed by atoms with Crippen molar-refractivity contribution >= 4 is 20.2 Å². The van der Waals surface area contributed by atoms with Gasteiger partial charge in [0.1, 0.15) is 11.4 Å². The Hall–Kier alpha value is -2.68. The molecule has 0 spiro atoms. The lowest BCUT2D eigenvalue weighted by Crippen LogP contribution is -2.70. The third-order valence-corrected chi connectivity index (χ3v) is 9.95. The maximum absolute atomic E-state index is 13.9. The summed E-state index contributed by atoms with van der Waals surface area (Å²) in [7, 11) is 0.850. The molecule has 2 saturated heterocycles. The van der Waals surface area contributed by atoms with Crippen LogP contribution < -0.4 is 4.74 Å². The molecule has 3 atom stereocenters. The van der Waals surface area contributed by atoms with Crippen LogP contribution >= 0.6 is 0 Å². The number of amides is 1. The van der Waals surface area contributed by atoms with Gasteiger partial charge >= 0.3 is 5.97 Å². The fourth-order valence-electron chi connectivity index (χ4n) is 5.62. The van der Waals surface area contributed by atoms with Gasteiger partial charge in [0.2, 0.25) is 5.91 Å². The van der Waals surface area contributed by atoms with E-state index in [2.05, 4.69) is 13.1 Å². The van der Waals surface area contributed by atoms with E-state index >= 15 is 0 Å². The van der Waals surface area contributed by atoms with Crippen molar-refractivity contribution < 1.29 is 28.2 Å². The van der Waals surface area contributed by atoms with E-state index in [0.717, 1.165) is 22.9 Å². The Kier molecular flexibility index (Phi) is 7.08. The summed E-state index contributed by atoms with van der Waals surface area (Å²) >= 11 is 0. The van der Waals surface area contributed by atoms with E-state index in [1.807, 2.05) is 61.5 Å². The summed E-state index contributed by atoms with van der Waals surface area (Å²) < 4.78 is 23.6. The summed E-state index contributed by atoms with van der Waals surface area (Å²) in [4.78, 5) is 29.3. The number of fused-ring (bicyclic) bond motifs is 1. The molecule has 0 aliphatic carbocycles. The van der Waals surface area contributed by atoms with Crippen molar-refractivity contribution in [3.63, 3.8) is 0 Å². The third kappa shape index (κ3) is 4.50. The molecule has 1 amide bonds. The minimum absolute atomic E-state index is 0.0199. The Morgan fingerprint density at radius 3 is 2.40 bits per heavy atom. The van der Waals surface area contributed by atoms with Crippen molar-refractivity contribution in [2.45, 2.75) is 56.8 Å². The van der Waals surface area contributed by atoms with Crippen molar-refractivity contribution in [3.8, 4) is 5.75 Å². The molecule has 35 heavy (non-hydrogen) atoms. The second-order valence-electron chi connectivity index (χ2n) is 10.2. The average Bonchev–Trinajstić information content (AvgIpc) is 3.02. The highest BCUT2D eigenvalue weighted by Crippen LogP contribution is 2.54. The summed E-state index contributed by atoms with van der Waals surface area (Å²) in [6.45, 7) is 6.71. The number of hydrogen-bond acceptors (Lipinski definition) is 6. The summed E-state index contributed by atoms with van der Waals surface area (Å²) in [5.74, 6) is -0.324. The number of likely N-dealkylation sites (tertiary alicyclic amines) is 1. The van der Waals surface area contributed by atoms with E-state index < -0.39 is 31.3 Å². The highest BCUT2D eigenvalue weighted by Gasteiger charge is 2.73. The van der Waals surface area contributed by atoms with Gasteiger partial charge in [-0.25, -0.2) is 4.79 Å². The van der Waals surface area contributed by atoms with E-state index in [0.29, 0.717) is 13.0 Å². The standard InChI is InChI=1S/C27H35NO6Si/c1-26-23(15-16-35(4,5)34-26)24(29)28(17-20-11-13-22(31-2)14-12-20)27(26,25(30)32-3)19-33-18-21-9-7-6-8-10-21/h6-14,23H,15-19H2,1-5H3/t23-,26-,27-/m0/s1. The van der Waals surface area contributed by atoms with Gasteiger partial charge in [0.25, 0.3) is 0 Å². The lowest BCUT2D eigenvalue weighted by atomic mass is 9.75. The van der Waals surface area contributed by atoms with E-state index in [1.54, 1.807) is 12.0 Å². The Balaban J connectivity index is 1.75. The van der Waals surface area contributed by atoms with Crippen LogP contribution in [0.2, 0.25) is 19.1 Å². The zero-order chi connectivity index (χ0) is 25.3. The van der Waals surface area contributed by atoms with Gasteiger partial charge in [-0.2, -0.15) is 0 Å². The van der Waals surface area contributed by atoms with Gasteiger partial charge < -0.3 is 23.5 Å². The molecule has 0 saturated carbocycles. The van der Waals surface area contributed by atoms with Gasteiger partial charge in [-0.3, -0.25) is 4.79 Å². The zero-order valence-corrected chi connectivity index (χ0v) is 22.2. The van der Waals surface area contributed by atoms with Gasteiger partial charge in [0.15, 0.2) is 13.9 Å². The van der Waals surface area contributed by atoms with Gasteiger partial charge in [0.05, 0.1) is 33.4 Å². The number of nitrogens with zero attached hydrogens (tertiary/aromatic N) is 1. The molecule has 2 fully saturated rings. The number of carbonyl (C=O) groups is 2. The second-order valence-corrected chi connectivity index (χ2v) is 14.4. The van der Waals surface area contributed by atoms with E-state index in [1.165, 1.54) is 7.11 Å². The first kappa shape index (κ1) is 25.4. The number of benzene rings is 2. The van der Waals surface area contributed by atoms with E-state index in [4.69, 9.17) is 18.6 Å². The van der Waals surface area contributed by atoms with Crippen molar-refractivity contribution in [1.82, 2.24) is 4.90 Å². The first-order valence-electron chi connectivity index (χ1n) is 12.0. The minimum atomic E-state index is -2.12. The number of methoxy groups -OCH3 is 2. The summed E-state index contributed by atoms with van der Waals surface area (Å²) in [6, 6.07) is 18.1. The van der Waals surface area contributed by atoms with Crippen molar-refractivity contribution in [2.75, 3.05) is 20.8 Å². The fraction of sp³-hybridized carbons (Fsp3) is 0.481. The van der Waals surface area contributed by atoms with Crippen LogP contribution in [-0.2, 0) is 36.6 Å². The third-order valence-electron chi connectivity index (χ3n) is 7.48. The normalized spacial score (nSPS) is 27.4. The fourth-order valence-corrected chi connectivity index (χ4v) is 8.16. The lowest BCUT2D eigenvalue weighted by Gasteiger charge is -2.51. The number of hydrogen-bond donors (Lipinski definition) is 0. The number of ether oxygens (including phenoxy) is 3. The molecule has 188 valence electrons. The number of esters is 1. The van der Waals surface area contributed by atoms with Crippen LogP contribution in [0.5, 0.6) is 5.75 Å². The van der Waals surface area contributed by atoms with Gasteiger partial charge in [-0.15, -0.1) is 0 Å². The molecule has 2 heterocycles. The van der Waals surface area contributed by atoms with Crippen molar-refractivity contribution in [3.05, 3.63) is 65.7 Å². The molecule has 2 aromatic carbocycles. The molecular formula is C27H35NO6Si. The molecule has 2 aromatic rings. The molecule has 4 rings (SSSR count). The Bertz CT molecular complexity index is 1060. The molecule has 2 aliphatic heterocycles. The van der Waals surface area contributed by atoms with Gasteiger partial charge in [0, 0.05) is 6.54 Å². The quantitative estimate of drug-likeness (QED) is 0.403. The molecule has 0 bridgehead atoms. The largest absolute Gasteiger partial charge is 0.497 e. The van der Waals surface area contributed by atoms with Crippen LogP contribution in [0.15, 0.2) is 54.6 Å². The zero-order valence-electron chi connectivity index (χ0n) is 21.2. The first-order valence-corrected chi connectivity index (χ1v) is 15.1. The van der Waals surface area contributed by atoms with Crippen LogP contribution in [0.4, 0.5) is 0 Å². The highest BCUT2D eigenvalue weighted by molar-refractivity contribution is 6.71. The topological polar surface area (TPSA) is 74.3 Å². The summed E-state index contributed by atoms with van der Waals surface area (Å²) in [6.07, 6.45) is 0.686. The highest BCUT2D eigenvalue weighted by atomic mass is 28.4. The Morgan fingerprint density at radius 2 is 1.77 bits per heavy atom. The minimum Gasteiger partial charge on any atom is -0.497 e. The van der Waals surface area contributed by atoms with Crippen molar-refractivity contribution in [2.24, 2.45) is 5.92 Å². The van der Waals surface area contributed by atoms with Crippen molar-refractivity contribution in [1.29, 1.82) is 0 Å². The molecule has 0 N–H and O–H groups in total. The SMILES string of the molecule is COC(=O)[C@]1(COCc2ccccc2)N(Cc2ccc(OC)cc2)C(=O)[C@@H]2CC[Si](C)(C)O[C@@]21C. The molecule has 0 unspecified atom stereocenters. The smallest absolute Gasteiger partial charge is 0.337 e. The van der Waals surface area contributed by atoms with Crippen LogP contribution in [-0.4, -0.2) is 57.1 Å². The number of rotatable bonds is 8. The number of carbonyl (C=O) groups excluding carboxylic acids is 2. The van der Waals surface area contributed by atoms with Crippen LogP contribution in [0.1, 0.15) is 24.5 Å². The van der Waals surface area contributed by atoms with E-state index in [9.17, 15) is 9.59 Å². The lowest BCUT2D eigenvalue weighted by molar-refractivity contribution is -0.178. The first-order chi connectivity index (χ1) is 16.7. The Morgan fingerprint density at radius 1 is 1.09 bits per heavy atom. The Labute approximate surface area is 208 Å². The predicted molar refractivity (Wildman–Crippen MR) is 134 cm³/mol. The summed E-state index contributed by atoms with van der Waals surface area (Å²) in [5, 5.41) is 0. The van der Waals surface area contributed by atoms with Gasteiger partial charge in [-0.1, -0.05) is 42.5 Å². The van der Waals surface area contributed by atoms with E-state index in [-0.39, 0.29) is 19.1 Å². The molecular weight excluding hydrogens is 462 g/mol. The molecule has 0 radical (unpaired) electrons.